The minimum Gasteiger partial charge on any atom is -0.481 e. The Bertz CT molecular complexity index is 1530. The molecule has 0 unspecified atom stereocenters. The summed E-state index contributed by atoms with van der Waals surface area (Å²) in [6, 6.07) is 4.95. The van der Waals surface area contributed by atoms with Crippen molar-refractivity contribution in [2.24, 2.45) is 11.8 Å². The number of hydrogen-bond acceptors (Lipinski definition) is 7. The summed E-state index contributed by atoms with van der Waals surface area (Å²) in [6.45, 7) is 5.40. The van der Waals surface area contributed by atoms with Crippen molar-refractivity contribution in [1.29, 1.82) is 0 Å². The van der Waals surface area contributed by atoms with Crippen LogP contribution in [-0.2, 0) is 21.2 Å². The normalized spacial score (nSPS) is 20.3. The SMILES string of the molecule is CC(C)(C)NS(=O)(=O)c1ccc(-c2sc(C(=O)N[C@H]3C[C@H](C(=O)O)C3)nc2CC2CCCCC2)c2cnccc12. The number of pyridine rings is 1. The van der Waals surface area contributed by atoms with E-state index in [1.165, 1.54) is 30.6 Å². The van der Waals surface area contributed by atoms with Gasteiger partial charge < -0.3 is 10.4 Å². The summed E-state index contributed by atoms with van der Waals surface area (Å²) in [7, 11) is -3.80. The van der Waals surface area contributed by atoms with Crippen LogP contribution in [0.4, 0.5) is 0 Å². The fraction of sp³-hybridized carbons (Fsp3) is 0.517. The molecule has 2 saturated carbocycles. The summed E-state index contributed by atoms with van der Waals surface area (Å²) < 4.78 is 29.3. The highest BCUT2D eigenvalue weighted by atomic mass is 32.2. The van der Waals surface area contributed by atoms with Gasteiger partial charge in [0, 0.05) is 40.3 Å². The summed E-state index contributed by atoms with van der Waals surface area (Å²) in [5.74, 6) is -1.07. The Morgan fingerprint density at radius 3 is 2.48 bits per heavy atom. The van der Waals surface area contributed by atoms with Gasteiger partial charge in [-0.05, 0) is 58.1 Å². The Balaban J connectivity index is 1.53. The fourth-order valence-electron chi connectivity index (χ4n) is 5.70. The lowest BCUT2D eigenvalue weighted by Crippen LogP contribution is -2.46. The van der Waals surface area contributed by atoms with Crippen LogP contribution < -0.4 is 10.0 Å². The second-order valence-corrected chi connectivity index (χ2v) is 14.7. The first-order chi connectivity index (χ1) is 18.9. The summed E-state index contributed by atoms with van der Waals surface area (Å²) in [4.78, 5) is 34.5. The number of carbonyl (C=O) groups excluding carboxylic acids is 1. The van der Waals surface area contributed by atoms with E-state index in [0.717, 1.165) is 35.4 Å². The van der Waals surface area contributed by atoms with Crippen LogP contribution in [0, 0.1) is 11.8 Å². The van der Waals surface area contributed by atoms with E-state index >= 15 is 0 Å². The molecular formula is C29H36N4O5S2. The Morgan fingerprint density at radius 2 is 1.80 bits per heavy atom. The van der Waals surface area contributed by atoms with Gasteiger partial charge in [-0.15, -0.1) is 11.3 Å². The molecule has 1 aromatic carbocycles. The van der Waals surface area contributed by atoms with Crippen LogP contribution >= 0.6 is 11.3 Å². The van der Waals surface area contributed by atoms with E-state index in [0.29, 0.717) is 34.5 Å². The van der Waals surface area contributed by atoms with Gasteiger partial charge in [0.05, 0.1) is 21.4 Å². The van der Waals surface area contributed by atoms with Crippen molar-refractivity contribution in [2.75, 3.05) is 0 Å². The van der Waals surface area contributed by atoms with Gasteiger partial charge in [-0.2, -0.15) is 0 Å². The van der Waals surface area contributed by atoms with Crippen LogP contribution in [-0.4, -0.2) is 46.9 Å². The molecule has 2 aliphatic rings. The largest absolute Gasteiger partial charge is 0.481 e. The van der Waals surface area contributed by atoms with Crippen molar-refractivity contribution >= 4 is 44.0 Å². The summed E-state index contributed by atoms with van der Waals surface area (Å²) in [6.07, 6.45) is 10.7. The molecule has 0 aliphatic heterocycles. The van der Waals surface area contributed by atoms with E-state index < -0.39 is 27.4 Å². The zero-order chi connectivity index (χ0) is 28.7. The lowest BCUT2D eigenvalue weighted by Gasteiger charge is -2.32. The number of fused-ring (bicyclic) bond motifs is 1. The van der Waals surface area contributed by atoms with Crippen LogP contribution in [0.3, 0.4) is 0 Å². The number of hydrogen-bond donors (Lipinski definition) is 3. The predicted molar refractivity (Wildman–Crippen MR) is 155 cm³/mol. The topological polar surface area (TPSA) is 138 Å². The number of thiazole rings is 1. The molecule has 0 saturated heterocycles. The molecule has 3 N–H and O–H groups in total. The number of aromatic nitrogens is 2. The third kappa shape index (κ3) is 6.21. The van der Waals surface area contributed by atoms with Crippen molar-refractivity contribution in [3.63, 3.8) is 0 Å². The highest BCUT2D eigenvalue weighted by Gasteiger charge is 2.36. The zero-order valence-corrected chi connectivity index (χ0v) is 24.7. The molecule has 0 spiro atoms. The van der Waals surface area contributed by atoms with Gasteiger partial charge in [-0.3, -0.25) is 14.6 Å². The average molecular weight is 585 g/mol. The third-order valence-electron chi connectivity index (χ3n) is 7.67. The number of amides is 1. The first kappa shape index (κ1) is 28.6. The minimum atomic E-state index is -3.80. The third-order valence-corrected chi connectivity index (χ3v) is 10.6. The van der Waals surface area contributed by atoms with Crippen molar-refractivity contribution in [1.82, 2.24) is 20.0 Å². The van der Waals surface area contributed by atoms with Gasteiger partial charge >= 0.3 is 5.97 Å². The van der Waals surface area contributed by atoms with Gasteiger partial charge in [0.2, 0.25) is 10.0 Å². The summed E-state index contributed by atoms with van der Waals surface area (Å²) >= 11 is 1.30. The molecule has 5 rings (SSSR count). The number of aliphatic carboxylic acids is 1. The van der Waals surface area contributed by atoms with Crippen LogP contribution in [0.1, 0.15) is 81.2 Å². The zero-order valence-electron chi connectivity index (χ0n) is 23.1. The fourth-order valence-corrected chi connectivity index (χ4v) is 8.37. The first-order valence-corrected chi connectivity index (χ1v) is 16.2. The van der Waals surface area contributed by atoms with Gasteiger partial charge in [-0.1, -0.05) is 38.2 Å². The average Bonchev–Trinajstić information content (AvgIpc) is 3.27. The number of carbonyl (C=O) groups is 2. The Hall–Kier alpha value is -2.89. The Morgan fingerprint density at radius 1 is 1.07 bits per heavy atom. The molecule has 2 heterocycles. The number of carboxylic acids is 1. The maximum atomic E-state index is 13.3. The molecule has 2 aromatic heterocycles. The van der Waals surface area contributed by atoms with E-state index in [9.17, 15) is 18.0 Å². The molecule has 1 amide bonds. The van der Waals surface area contributed by atoms with Crippen molar-refractivity contribution in [2.45, 2.75) is 88.6 Å². The highest BCUT2D eigenvalue weighted by Crippen LogP contribution is 2.40. The van der Waals surface area contributed by atoms with E-state index in [1.54, 1.807) is 51.4 Å². The van der Waals surface area contributed by atoms with E-state index in [1.807, 2.05) is 0 Å². The van der Waals surface area contributed by atoms with Gasteiger partial charge in [0.1, 0.15) is 0 Å². The number of benzene rings is 1. The molecule has 0 bridgehead atoms. The second kappa shape index (κ2) is 11.2. The Labute approximate surface area is 238 Å². The molecular weight excluding hydrogens is 548 g/mol. The van der Waals surface area contributed by atoms with Crippen molar-refractivity contribution in [3.8, 4) is 10.4 Å². The number of carboxylic acid groups (broad SMARTS) is 1. The highest BCUT2D eigenvalue weighted by molar-refractivity contribution is 7.89. The van der Waals surface area contributed by atoms with Crippen LogP contribution in [0.5, 0.6) is 0 Å². The van der Waals surface area contributed by atoms with Crippen LogP contribution in [0.25, 0.3) is 21.2 Å². The van der Waals surface area contributed by atoms with Gasteiger partial charge in [0.15, 0.2) is 5.01 Å². The first-order valence-electron chi connectivity index (χ1n) is 13.9. The van der Waals surface area contributed by atoms with Gasteiger partial charge in [-0.25, -0.2) is 18.1 Å². The second-order valence-electron chi connectivity index (χ2n) is 12.1. The van der Waals surface area contributed by atoms with Gasteiger partial charge in [0.25, 0.3) is 5.91 Å². The molecule has 11 heteroatoms. The number of sulfonamides is 1. The smallest absolute Gasteiger partial charge is 0.306 e. The van der Waals surface area contributed by atoms with E-state index in [2.05, 4.69) is 15.0 Å². The number of nitrogens with zero attached hydrogens (tertiary/aromatic N) is 2. The predicted octanol–water partition coefficient (Wildman–Crippen LogP) is 5.15. The summed E-state index contributed by atoms with van der Waals surface area (Å²) in [5, 5.41) is 13.7. The number of rotatable bonds is 8. The lowest BCUT2D eigenvalue weighted by atomic mass is 9.80. The maximum absolute atomic E-state index is 13.3. The van der Waals surface area contributed by atoms with E-state index in [4.69, 9.17) is 10.1 Å². The molecule has 2 aliphatic carbocycles. The van der Waals surface area contributed by atoms with Crippen LogP contribution in [0.15, 0.2) is 35.5 Å². The molecule has 9 nitrogen and oxygen atoms in total. The maximum Gasteiger partial charge on any atom is 0.306 e. The van der Waals surface area contributed by atoms with Crippen molar-refractivity contribution in [3.05, 3.63) is 41.3 Å². The van der Waals surface area contributed by atoms with Crippen LogP contribution in [0.2, 0.25) is 0 Å². The number of nitrogens with one attached hydrogen (secondary N) is 2. The molecule has 0 radical (unpaired) electrons. The summed E-state index contributed by atoms with van der Waals surface area (Å²) in [5.41, 5.74) is 0.997. The quantitative estimate of drug-likeness (QED) is 0.333. The molecule has 214 valence electrons. The molecule has 3 aromatic rings. The molecule has 0 atom stereocenters. The molecule has 40 heavy (non-hydrogen) atoms. The Kier molecular flexibility index (Phi) is 8.00. The monoisotopic (exact) mass is 584 g/mol. The standard InChI is InChI=1S/C29H36N4O5S2/c1-29(2,3)33-40(37,38)24-10-9-21(22-16-30-12-11-20(22)24)25-23(13-17-7-5-4-6-8-17)32-27(39-25)26(34)31-19-14-18(15-19)28(35)36/h9-12,16-19,33H,4-8,13-15H2,1-3H3,(H,31,34)(H,35,36)/t18-,19-. The van der Waals surface area contributed by atoms with Crippen molar-refractivity contribution < 1.29 is 23.1 Å². The lowest BCUT2D eigenvalue weighted by molar-refractivity contribution is -0.145. The molecule has 2 fully saturated rings. The minimum absolute atomic E-state index is 0.174. The van der Waals surface area contributed by atoms with E-state index in [-0.39, 0.29) is 16.8 Å².